The van der Waals surface area contributed by atoms with Gasteiger partial charge in [-0.05, 0) is 36.0 Å². The molecule has 0 aliphatic heterocycles. The highest BCUT2D eigenvalue weighted by Crippen LogP contribution is 2.54. The van der Waals surface area contributed by atoms with E-state index in [1.54, 1.807) is 0 Å². The summed E-state index contributed by atoms with van der Waals surface area (Å²) in [6.07, 6.45) is 8.21. The summed E-state index contributed by atoms with van der Waals surface area (Å²) in [7, 11) is 0. The maximum absolute atomic E-state index is 5.66. The highest BCUT2D eigenvalue weighted by Gasteiger charge is 2.48. The molecule has 1 aliphatic rings. The van der Waals surface area contributed by atoms with Crippen molar-refractivity contribution in [2.45, 2.75) is 47.5 Å². The van der Waals surface area contributed by atoms with Crippen molar-refractivity contribution in [3.63, 3.8) is 0 Å². The van der Waals surface area contributed by atoms with Gasteiger partial charge < -0.3 is 0 Å². The normalized spacial score (nSPS) is 37.9. The standard InChI is InChI=1S/C14H24/c1-7-12-8-9-13(10(2)3)14(12,6)11(4)5/h1,10-13H,8-9H2,2-6H3/t12-,13?,14+/m0/s1. The van der Waals surface area contributed by atoms with E-state index < -0.39 is 0 Å². The molecule has 0 nitrogen and oxygen atoms in total. The molecule has 3 atom stereocenters. The van der Waals surface area contributed by atoms with Crippen molar-refractivity contribution in [3.05, 3.63) is 0 Å². The van der Waals surface area contributed by atoms with E-state index >= 15 is 0 Å². The summed E-state index contributed by atoms with van der Waals surface area (Å²) in [5.74, 6) is 5.78. The minimum absolute atomic E-state index is 0.364. The molecule has 1 rings (SSSR count). The Morgan fingerprint density at radius 3 is 2.14 bits per heavy atom. The zero-order valence-corrected chi connectivity index (χ0v) is 10.3. The average molecular weight is 192 g/mol. The van der Waals surface area contributed by atoms with Gasteiger partial charge in [0.05, 0.1) is 0 Å². The second-order valence-electron chi connectivity index (χ2n) is 5.67. The highest BCUT2D eigenvalue weighted by molar-refractivity contribution is 5.09. The zero-order chi connectivity index (χ0) is 10.9. The van der Waals surface area contributed by atoms with Crippen molar-refractivity contribution in [1.29, 1.82) is 0 Å². The smallest absolute Gasteiger partial charge is 0.0259 e. The van der Waals surface area contributed by atoms with E-state index in [1.165, 1.54) is 12.8 Å². The van der Waals surface area contributed by atoms with Crippen LogP contribution in [0.5, 0.6) is 0 Å². The van der Waals surface area contributed by atoms with Crippen LogP contribution in [0.25, 0.3) is 0 Å². The van der Waals surface area contributed by atoms with Crippen molar-refractivity contribution in [2.24, 2.45) is 29.1 Å². The summed E-state index contributed by atoms with van der Waals surface area (Å²) in [5, 5.41) is 0. The third-order valence-corrected chi connectivity index (χ3v) is 4.57. The van der Waals surface area contributed by atoms with Crippen molar-refractivity contribution >= 4 is 0 Å². The van der Waals surface area contributed by atoms with E-state index in [0.29, 0.717) is 17.3 Å². The van der Waals surface area contributed by atoms with Crippen LogP contribution in [0.2, 0.25) is 0 Å². The van der Waals surface area contributed by atoms with E-state index in [4.69, 9.17) is 6.42 Å². The molecule has 0 spiro atoms. The fourth-order valence-electron chi connectivity index (χ4n) is 3.37. The Kier molecular flexibility index (Phi) is 3.30. The van der Waals surface area contributed by atoms with Crippen LogP contribution in [0, 0.1) is 41.4 Å². The zero-order valence-electron chi connectivity index (χ0n) is 10.3. The molecule has 0 radical (unpaired) electrons. The van der Waals surface area contributed by atoms with Gasteiger partial charge in [-0.15, -0.1) is 12.3 Å². The van der Waals surface area contributed by atoms with Crippen LogP contribution in [0.3, 0.4) is 0 Å². The van der Waals surface area contributed by atoms with Gasteiger partial charge in [-0.3, -0.25) is 0 Å². The van der Waals surface area contributed by atoms with Gasteiger partial charge in [0.1, 0.15) is 0 Å². The lowest BCUT2D eigenvalue weighted by molar-refractivity contribution is 0.0847. The second-order valence-corrected chi connectivity index (χ2v) is 5.67. The number of hydrogen-bond donors (Lipinski definition) is 0. The molecule has 0 aromatic rings. The third kappa shape index (κ3) is 1.58. The minimum atomic E-state index is 0.364. The van der Waals surface area contributed by atoms with Crippen LogP contribution in [0.4, 0.5) is 0 Å². The maximum Gasteiger partial charge on any atom is 0.0259 e. The lowest BCUT2D eigenvalue weighted by atomic mass is 9.63. The van der Waals surface area contributed by atoms with Crippen molar-refractivity contribution in [2.75, 3.05) is 0 Å². The number of terminal acetylenes is 1. The molecule has 0 N–H and O–H groups in total. The third-order valence-electron chi connectivity index (χ3n) is 4.57. The SMILES string of the molecule is C#C[C@H]1CCC(C(C)C)[C@]1(C)C(C)C. The summed E-state index contributed by atoms with van der Waals surface area (Å²) < 4.78 is 0. The summed E-state index contributed by atoms with van der Waals surface area (Å²) in [5.41, 5.74) is 0.364. The van der Waals surface area contributed by atoms with E-state index in [-0.39, 0.29) is 0 Å². The Morgan fingerprint density at radius 2 is 1.79 bits per heavy atom. The molecule has 0 bridgehead atoms. The Morgan fingerprint density at radius 1 is 1.21 bits per heavy atom. The summed E-state index contributed by atoms with van der Waals surface area (Å²) in [6.45, 7) is 11.7. The van der Waals surface area contributed by atoms with Gasteiger partial charge >= 0.3 is 0 Å². The molecule has 1 unspecified atom stereocenters. The molecule has 0 heteroatoms. The van der Waals surface area contributed by atoms with E-state index in [0.717, 1.165) is 11.8 Å². The fraction of sp³-hybridized carbons (Fsp3) is 0.857. The van der Waals surface area contributed by atoms with Crippen LogP contribution < -0.4 is 0 Å². The summed E-state index contributed by atoms with van der Waals surface area (Å²) >= 11 is 0. The predicted molar refractivity (Wildman–Crippen MR) is 62.8 cm³/mol. The van der Waals surface area contributed by atoms with E-state index in [1.807, 2.05) is 0 Å². The highest BCUT2D eigenvalue weighted by atomic mass is 14.5. The van der Waals surface area contributed by atoms with Crippen LogP contribution >= 0.6 is 0 Å². The molecule has 0 aromatic heterocycles. The molecule has 0 heterocycles. The van der Waals surface area contributed by atoms with Gasteiger partial charge in [0.2, 0.25) is 0 Å². The Hall–Kier alpha value is -0.440. The van der Waals surface area contributed by atoms with E-state index in [2.05, 4.69) is 40.5 Å². The minimum Gasteiger partial charge on any atom is -0.120 e. The van der Waals surface area contributed by atoms with Crippen LogP contribution in [0.15, 0.2) is 0 Å². The monoisotopic (exact) mass is 192 g/mol. The molecular weight excluding hydrogens is 168 g/mol. The van der Waals surface area contributed by atoms with Crippen LogP contribution in [0.1, 0.15) is 47.5 Å². The predicted octanol–water partition coefficient (Wildman–Crippen LogP) is 3.96. The van der Waals surface area contributed by atoms with Gasteiger partial charge in [-0.1, -0.05) is 34.6 Å². The molecule has 1 saturated carbocycles. The lowest BCUT2D eigenvalue weighted by Gasteiger charge is -2.41. The summed E-state index contributed by atoms with van der Waals surface area (Å²) in [4.78, 5) is 0. The molecule has 1 aliphatic carbocycles. The van der Waals surface area contributed by atoms with Gasteiger partial charge in [-0.25, -0.2) is 0 Å². The fourth-order valence-corrected chi connectivity index (χ4v) is 3.37. The largest absolute Gasteiger partial charge is 0.120 e. The molecule has 0 amide bonds. The van der Waals surface area contributed by atoms with Crippen molar-refractivity contribution in [1.82, 2.24) is 0 Å². The Bertz CT molecular complexity index is 231. The van der Waals surface area contributed by atoms with Gasteiger partial charge in [0.15, 0.2) is 0 Å². The maximum atomic E-state index is 5.66. The Balaban J connectivity index is 2.98. The van der Waals surface area contributed by atoms with Crippen molar-refractivity contribution < 1.29 is 0 Å². The Labute approximate surface area is 89.5 Å². The summed E-state index contributed by atoms with van der Waals surface area (Å²) in [6, 6.07) is 0. The molecule has 0 saturated heterocycles. The molecule has 80 valence electrons. The average Bonchev–Trinajstić information content (AvgIpc) is 2.43. The lowest BCUT2D eigenvalue weighted by Crippen LogP contribution is -2.36. The first-order valence-corrected chi connectivity index (χ1v) is 5.90. The van der Waals surface area contributed by atoms with E-state index in [9.17, 15) is 0 Å². The van der Waals surface area contributed by atoms with Crippen LogP contribution in [-0.4, -0.2) is 0 Å². The van der Waals surface area contributed by atoms with Gasteiger partial charge in [0.25, 0.3) is 0 Å². The molecule has 0 aromatic carbocycles. The number of rotatable bonds is 2. The quantitative estimate of drug-likeness (QED) is 0.581. The van der Waals surface area contributed by atoms with Crippen molar-refractivity contribution in [3.8, 4) is 12.3 Å². The first kappa shape index (κ1) is 11.6. The van der Waals surface area contributed by atoms with Gasteiger partial charge in [-0.2, -0.15) is 0 Å². The molecule has 14 heavy (non-hydrogen) atoms. The van der Waals surface area contributed by atoms with Crippen LogP contribution in [-0.2, 0) is 0 Å². The topological polar surface area (TPSA) is 0 Å². The second kappa shape index (κ2) is 3.97. The first-order valence-electron chi connectivity index (χ1n) is 5.90. The first-order chi connectivity index (χ1) is 6.44. The number of hydrogen-bond acceptors (Lipinski definition) is 0. The molecule has 1 fully saturated rings. The molecular formula is C14H24. The van der Waals surface area contributed by atoms with Gasteiger partial charge in [0, 0.05) is 5.92 Å².